The van der Waals surface area contributed by atoms with Crippen molar-refractivity contribution in [1.82, 2.24) is 24.9 Å². The van der Waals surface area contributed by atoms with Crippen LogP contribution in [0.15, 0.2) is 29.8 Å². The van der Waals surface area contributed by atoms with Crippen molar-refractivity contribution in [3.05, 3.63) is 30.6 Å². The van der Waals surface area contributed by atoms with Crippen molar-refractivity contribution in [2.45, 2.75) is 11.4 Å². The van der Waals surface area contributed by atoms with Crippen molar-refractivity contribution in [1.29, 1.82) is 0 Å². The lowest BCUT2D eigenvalue weighted by Gasteiger charge is -2.01. The van der Waals surface area contributed by atoms with E-state index >= 15 is 0 Å². The number of imidazole rings is 1. The van der Waals surface area contributed by atoms with Crippen LogP contribution in [0.2, 0.25) is 0 Å². The summed E-state index contributed by atoms with van der Waals surface area (Å²) in [5, 5.41) is 6.01. The Kier molecular flexibility index (Phi) is 2.52. The van der Waals surface area contributed by atoms with Crippen molar-refractivity contribution >= 4 is 10.0 Å². The standard InChI is InChI=1S/C7H9N5O2S/c13-15(14,7-3-10-11-4-7)12-2-6-1-8-5-9-6/h1,3-5,12H,2H2,(H,8,9)(H,10,11). The normalized spacial score (nSPS) is 11.7. The van der Waals surface area contributed by atoms with Gasteiger partial charge in [0, 0.05) is 18.1 Å². The molecule has 15 heavy (non-hydrogen) atoms. The van der Waals surface area contributed by atoms with E-state index in [2.05, 4.69) is 24.9 Å². The van der Waals surface area contributed by atoms with Crippen molar-refractivity contribution in [3.63, 3.8) is 0 Å². The molecule has 0 spiro atoms. The zero-order chi connectivity index (χ0) is 10.7. The molecule has 80 valence electrons. The highest BCUT2D eigenvalue weighted by Gasteiger charge is 2.14. The van der Waals surface area contributed by atoms with Crippen LogP contribution in [0, 0.1) is 0 Å². The zero-order valence-corrected chi connectivity index (χ0v) is 8.45. The lowest BCUT2D eigenvalue weighted by atomic mass is 10.5. The minimum absolute atomic E-state index is 0.113. The number of hydrogen-bond acceptors (Lipinski definition) is 4. The lowest BCUT2D eigenvalue weighted by molar-refractivity contribution is 0.580. The molecule has 2 heterocycles. The fourth-order valence-electron chi connectivity index (χ4n) is 1.02. The van der Waals surface area contributed by atoms with E-state index in [0.29, 0.717) is 5.69 Å². The van der Waals surface area contributed by atoms with E-state index in [1.807, 2.05) is 0 Å². The molecule has 0 aliphatic carbocycles. The van der Waals surface area contributed by atoms with Crippen molar-refractivity contribution in [2.75, 3.05) is 0 Å². The molecule has 0 saturated carbocycles. The van der Waals surface area contributed by atoms with Gasteiger partial charge in [-0.05, 0) is 0 Å². The van der Waals surface area contributed by atoms with Gasteiger partial charge in [-0.3, -0.25) is 5.10 Å². The topological polar surface area (TPSA) is 104 Å². The summed E-state index contributed by atoms with van der Waals surface area (Å²) in [6, 6.07) is 0. The smallest absolute Gasteiger partial charge is 0.244 e. The fourth-order valence-corrected chi connectivity index (χ4v) is 1.93. The molecule has 0 atom stereocenters. The maximum absolute atomic E-state index is 11.6. The Morgan fingerprint density at radius 3 is 2.87 bits per heavy atom. The average Bonchev–Trinajstić information content (AvgIpc) is 2.88. The second kappa shape index (κ2) is 3.83. The number of aromatic amines is 2. The van der Waals surface area contributed by atoms with Gasteiger partial charge in [-0.1, -0.05) is 0 Å². The van der Waals surface area contributed by atoms with Gasteiger partial charge in [-0.25, -0.2) is 18.1 Å². The Morgan fingerprint density at radius 1 is 1.40 bits per heavy atom. The minimum Gasteiger partial charge on any atom is -0.347 e. The van der Waals surface area contributed by atoms with Gasteiger partial charge in [-0.15, -0.1) is 0 Å². The van der Waals surface area contributed by atoms with E-state index < -0.39 is 10.0 Å². The molecular formula is C7H9N5O2S. The summed E-state index contributed by atoms with van der Waals surface area (Å²) in [6.07, 6.45) is 5.60. The second-order valence-electron chi connectivity index (χ2n) is 2.84. The van der Waals surface area contributed by atoms with Crippen molar-refractivity contribution in [2.24, 2.45) is 0 Å². The van der Waals surface area contributed by atoms with E-state index in [9.17, 15) is 8.42 Å². The van der Waals surface area contributed by atoms with Gasteiger partial charge >= 0.3 is 0 Å². The molecule has 7 nitrogen and oxygen atoms in total. The highest BCUT2D eigenvalue weighted by Crippen LogP contribution is 2.04. The maximum atomic E-state index is 11.6. The second-order valence-corrected chi connectivity index (χ2v) is 4.60. The van der Waals surface area contributed by atoms with Crippen LogP contribution in [0.25, 0.3) is 0 Å². The van der Waals surface area contributed by atoms with E-state index in [4.69, 9.17) is 0 Å². The van der Waals surface area contributed by atoms with Crippen molar-refractivity contribution < 1.29 is 8.42 Å². The fraction of sp³-hybridized carbons (Fsp3) is 0.143. The van der Waals surface area contributed by atoms with Gasteiger partial charge in [0.15, 0.2) is 0 Å². The molecule has 2 aromatic rings. The molecule has 2 rings (SSSR count). The third-order valence-corrected chi connectivity index (χ3v) is 3.16. The first-order valence-electron chi connectivity index (χ1n) is 4.14. The SMILES string of the molecule is O=S(=O)(NCc1cnc[nH]1)c1cn[nH]c1. The van der Waals surface area contributed by atoms with Crippen LogP contribution < -0.4 is 4.72 Å². The molecule has 0 aromatic carbocycles. The summed E-state index contributed by atoms with van der Waals surface area (Å²) in [4.78, 5) is 6.68. The molecule has 0 aliphatic heterocycles. The van der Waals surface area contributed by atoms with Gasteiger partial charge in [0.2, 0.25) is 10.0 Å². The van der Waals surface area contributed by atoms with E-state index in [-0.39, 0.29) is 11.4 Å². The minimum atomic E-state index is -3.48. The molecule has 0 fully saturated rings. The Hall–Kier alpha value is -1.67. The number of H-pyrrole nitrogens is 2. The first-order valence-corrected chi connectivity index (χ1v) is 5.62. The van der Waals surface area contributed by atoms with Crippen LogP contribution in [0.4, 0.5) is 0 Å². The lowest BCUT2D eigenvalue weighted by Crippen LogP contribution is -2.22. The molecule has 0 unspecified atom stereocenters. The van der Waals surface area contributed by atoms with Crippen molar-refractivity contribution in [3.8, 4) is 0 Å². The maximum Gasteiger partial charge on any atom is 0.244 e. The van der Waals surface area contributed by atoms with Crippen LogP contribution in [0.5, 0.6) is 0 Å². The number of aromatic nitrogens is 4. The highest BCUT2D eigenvalue weighted by molar-refractivity contribution is 7.89. The summed E-state index contributed by atoms with van der Waals surface area (Å²) in [5.74, 6) is 0. The Labute approximate surface area is 86.0 Å². The molecule has 0 aliphatic rings. The summed E-state index contributed by atoms with van der Waals surface area (Å²) in [7, 11) is -3.48. The van der Waals surface area contributed by atoms with E-state index in [0.717, 1.165) is 0 Å². The first kappa shape index (κ1) is 9.87. The Bertz CT molecular complexity index is 502. The van der Waals surface area contributed by atoms with Crippen LogP contribution in [-0.4, -0.2) is 28.6 Å². The third-order valence-electron chi connectivity index (χ3n) is 1.79. The summed E-state index contributed by atoms with van der Waals surface area (Å²) in [5.41, 5.74) is 0.696. The summed E-state index contributed by atoms with van der Waals surface area (Å²) >= 11 is 0. The first-order chi connectivity index (χ1) is 7.18. The van der Waals surface area contributed by atoms with Gasteiger partial charge in [0.05, 0.1) is 19.1 Å². The number of nitrogens with one attached hydrogen (secondary N) is 3. The Balaban J connectivity index is 2.06. The predicted molar refractivity (Wildman–Crippen MR) is 51.2 cm³/mol. The quantitative estimate of drug-likeness (QED) is 0.661. The largest absolute Gasteiger partial charge is 0.347 e. The highest BCUT2D eigenvalue weighted by atomic mass is 32.2. The van der Waals surface area contributed by atoms with Crippen LogP contribution in [-0.2, 0) is 16.6 Å². The summed E-state index contributed by atoms with van der Waals surface area (Å²) < 4.78 is 25.6. The van der Waals surface area contributed by atoms with E-state index in [1.165, 1.54) is 18.7 Å². The molecule has 0 bridgehead atoms. The van der Waals surface area contributed by atoms with Crippen LogP contribution in [0.1, 0.15) is 5.69 Å². The molecular weight excluding hydrogens is 218 g/mol. The van der Waals surface area contributed by atoms with Crippen LogP contribution in [0.3, 0.4) is 0 Å². The molecule has 0 amide bonds. The van der Waals surface area contributed by atoms with Gasteiger partial charge in [-0.2, -0.15) is 5.10 Å². The monoisotopic (exact) mass is 227 g/mol. The molecule has 0 radical (unpaired) electrons. The van der Waals surface area contributed by atoms with Gasteiger partial charge in [0.25, 0.3) is 0 Å². The van der Waals surface area contributed by atoms with Crippen LogP contribution >= 0.6 is 0 Å². The number of hydrogen-bond donors (Lipinski definition) is 3. The Morgan fingerprint density at radius 2 is 2.27 bits per heavy atom. The molecule has 0 saturated heterocycles. The predicted octanol–water partition coefficient (Wildman–Crippen LogP) is -0.389. The molecule has 8 heteroatoms. The number of rotatable bonds is 4. The summed E-state index contributed by atoms with van der Waals surface area (Å²) in [6.45, 7) is 0.174. The average molecular weight is 227 g/mol. The van der Waals surface area contributed by atoms with Gasteiger partial charge < -0.3 is 4.98 Å². The number of nitrogens with zero attached hydrogens (tertiary/aromatic N) is 2. The zero-order valence-electron chi connectivity index (χ0n) is 7.64. The number of sulfonamides is 1. The van der Waals surface area contributed by atoms with E-state index in [1.54, 1.807) is 6.20 Å². The third kappa shape index (κ3) is 2.22. The van der Waals surface area contributed by atoms with Gasteiger partial charge in [0.1, 0.15) is 4.90 Å². The molecule has 3 N–H and O–H groups in total. The molecule has 2 aromatic heterocycles.